The molecule has 0 radical (unpaired) electrons. The number of amides is 3. The van der Waals surface area contributed by atoms with Crippen LogP contribution in [-0.4, -0.2) is 35.7 Å². The average Bonchev–Trinajstić information content (AvgIpc) is 2.61. The van der Waals surface area contributed by atoms with Crippen molar-refractivity contribution in [3.8, 4) is 0 Å². The van der Waals surface area contributed by atoms with Crippen LogP contribution in [-0.2, 0) is 20.9 Å². The quantitative estimate of drug-likeness (QED) is 0.575. The van der Waals surface area contributed by atoms with Gasteiger partial charge >= 0.3 is 6.09 Å². The number of nitrogens with one attached hydrogen (secondary N) is 3. The molecule has 0 atom stereocenters. The third-order valence-electron chi connectivity index (χ3n) is 4.10. The van der Waals surface area contributed by atoms with Crippen molar-refractivity contribution in [1.29, 1.82) is 0 Å². The van der Waals surface area contributed by atoms with Crippen LogP contribution < -0.4 is 16.2 Å². The lowest BCUT2D eigenvalue weighted by molar-refractivity contribution is -0.134. The normalized spacial score (nSPS) is 19.7. The molecule has 1 saturated carbocycles. The molecule has 0 unspecified atom stereocenters. The van der Waals surface area contributed by atoms with Gasteiger partial charge in [-0.15, -0.1) is 0 Å². The summed E-state index contributed by atoms with van der Waals surface area (Å²) < 4.78 is 5.28. The Hall–Kier alpha value is -2.61. The molecule has 136 valence electrons. The van der Waals surface area contributed by atoms with E-state index in [-0.39, 0.29) is 24.5 Å². The van der Waals surface area contributed by atoms with E-state index >= 15 is 0 Å². The highest BCUT2D eigenvalue weighted by Crippen LogP contribution is 2.24. The second-order valence-corrected chi connectivity index (χ2v) is 6.01. The van der Waals surface area contributed by atoms with Gasteiger partial charge in [-0.05, 0) is 31.2 Å². The van der Waals surface area contributed by atoms with Gasteiger partial charge < -0.3 is 15.2 Å². The summed E-state index contributed by atoms with van der Waals surface area (Å²) in [6, 6.07) is 9.36. The van der Waals surface area contributed by atoms with Gasteiger partial charge in [0.05, 0.1) is 6.61 Å². The third kappa shape index (κ3) is 6.80. The number of rotatable bonds is 6. The van der Waals surface area contributed by atoms with Crippen LogP contribution in [0.2, 0.25) is 0 Å². The van der Waals surface area contributed by atoms with Gasteiger partial charge in [-0.25, -0.2) is 4.79 Å². The van der Waals surface area contributed by atoms with Crippen LogP contribution in [0.15, 0.2) is 30.3 Å². The first kappa shape index (κ1) is 18.7. The van der Waals surface area contributed by atoms with Gasteiger partial charge in [-0.2, -0.15) is 0 Å². The third-order valence-corrected chi connectivity index (χ3v) is 4.10. The van der Waals surface area contributed by atoms with E-state index in [9.17, 15) is 14.4 Å². The number of carbonyl (C=O) groups excluding carboxylic acids is 2. The van der Waals surface area contributed by atoms with Crippen molar-refractivity contribution in [3.05, 3.63) is 35.9 Å². The van der Waals surface area contributed by atoms with Crippen LogP contribution in [0.3, 0.4) is 0 Å². The smallest absolute Gasteiger partial charge is 0.404 e. The van der Waals surface area contributed by atoms with Gasteiger partial charge in [0.1, 0.15) is 6.61 Å². The molecule has 0 spiro atoms. The van der Waals surface area contributed by atoms with Crippen molar-refractivity contribution in [2.24, 2.45) is 5.92 Å². The minimum Gasteiger partial charge on any atom is -0.465 e. The fourth-order valence-electron chi connectivity index (χ4n) is 2.78. The molecule has 0 aliphatic heterocycles. The molecule has 0 bridgehead atoms. The highest BCUT2D eigenvalue weighted by atomic mass is 16.5. The molecule has 1 fully saturated rings. The molecular weight excluding hydrogens is 326 g/mol. The van der Waals surface area contributed by atoms with Crippen molar-refractivity contribution in [2.75, 3.05) is 6.61 Å². The van der Waals surface area contributed by atoms with Crippen LogP contribution in [0.25, 0.3) is 0 Å². The topological polar surface area (TPSA) is 117 Å². The first-order valence-corrected chi connectivity index (χ1v) is 8.24. The van der Waals surface area contributed by atoms with Crippen molar-refractivity contribution in [1.82, 2.24) is 16.2 Å². The number of benzene rings is 1. The number of ether oxygens (including phenoxy) is 1. The average molecular weight is 349 g/mol. The Balaban J connectivity index is 1.60. The van der Waals surface area contributed by atoms with E-state index in [1.54, 1.807) is 0 Å². The molecule has 1 aliphatic rings. The van der Waals surface area contributed by atoms with Crippen LogP contribution in [0, 0.1) is 5.92 Å². The van der Waals surface area contributed by atoms with E-state index in [1.165, 1.54) is 0 Å². The SMILES string of the molecule is O=C(COCc1ccccc1)NNC(=O)[C@H]1CC[C@H](NC(=O)O)CC1. The first-order valence-electron chi connectivity index (χ1n) is 8.24. The van der Waals surface area contributed by atoms with E-state index in [0.717, 1.165) is 5.56 Å². The summed E-state index contributed by atoms with van der Waals surface area (Å²) in [4.78, 5) is 34.3. The van der Waals surface area contributed by atoms with Crippen molar-refractivity contribution in [3.63, 3.8) is 0 Å². The van der Waals surface area contributed by atoms with Crippen LogP contribution in [0.1, 0.15) is 31.2 Å². The Kier molecular flexibility index (Phi) is 7.21. The van der Waals surface area contributed by atoms with E-state index < -0.39 is 12.0 Å². The minimum absolute atomic E-state index is 0.109. The number of carbonyl (C=O) groups is 3. The van der Waals surface area contributed by atoms with Gasteiger partial charge in [-0.1, -0.05) is 30.3 Å². The summed E-state index contributed by atoms with van der Waals surface area (Å²) in [5, 5.41) is 11.1. The minimum atomic E-state index is -1.05. The summed E-state index contributed by atoms with van der Waals surface area (Å²) >= 11 is 0. The molecule has 8 nitrogen and oxygen atoms in total. The van der Waals surface area contributed by atoms with Gasteiger partial charge in [0.15, 0.2) is 0 Å². The van der Waals surface area contributed by atoms with E-state index in [4.69, 9.17) is 9.84 Å². The van der Waals surface area contributed by atoms with E-state index in [1.807, 2.05) is 30.3 Å². The van der Waals surface area contributed by atoms with E-state index in [2.05, 4.69) is 16.2 Å². The Morgan fingerprint density at radius 2 is 1.72 bits per heavy atom. The molecule has 8 heteroatoms. The maximum Gasteiger partial charge on any atom is 0.404 e. The lowest BCUT2D eigenvalue weighted by atomic mass is 9.85. The van der Waals surface area contributed by atoms with Gasteiger partial charge in [-0.3, -0.25) is 20.4 Å². The van der Waals surface area contributed by atoms with Crippen molar-refractivity contribution in [2.45, 2.75) is 38.3 Å². The summed E-state index contributed by atoms with van der Waals surface area (Å²) in [6.07, 6.45) is 1.33. The number of hydrazine groups is 1. The number of hydrogen-bond donors (Lipinski definition) is 4. The zero-order chi connectivity index (χ0) is 18.1. The summed E-state index contributed by atoms with van der Waals surface area (Å²) in [5.41, 5.74) is 5.70. The largest absolute Gasteiger partial charge is 0.465 e. The standard InChI is InChI=1S/C17H23N3O5/c21-15(11-25-10-12-4-2-1-3-5-12)19-20-16(22)13-6-8-14(9-7-13)18-17(23)24/h1-5,13-14,18H,6-11H2,(H,19,21)(H,20,22)(H,23,24)/t13-,14-. The molecule has 2 rings (SSSR count). The molecular formula is C17H23N3O5. The molecule has 1 aliphatic carbocycles. The Bertz CT molecular complexity index is 585. The van der Waals surface area contributed by atoms with Gasteiger partial charge in [0, 0.05) is 12.0 Å². The van der Waals surface area contributed by atoms with E-state index in [0.29, 0.717) is 32.3 Å². The maximum atomic E-state index is 12.0. The fraction of sp³-hybridized carbons (Fsp3) is 0.471. The molecule has 0 heterocycles. The zero-order valence-corrected chi connectivity index (χ0v) is 13.9. The molecule has 0 saturated heterocycles. The van der Waals surface area contributed by atoms with Gasteiger partial charge in [0.2, 0.25) is 5.91 Å². The van der Waals surface area contributed by atoms with Crippen LogP contribution >= 0.6 is 0 Å². The molecule has 1 aromatic carbocycles. The van der Waals surface area contributed by atoms with Crippen LogP contribution in [0.4, 0.5) is 4.79 Å². The number of carboxylic acid groups (broad SMARTS) is 1. The lowest BCUT2D eigenvalue weighted by Crippen LogP contribution is -2.47. The Labute approximate surface area is 145 Å². The summed E-state index contributed by atoms with van der Waals surface area (Å²) in [5.74, 6) is -0.909. The van der Waals surface area contributed by atoms with Crippen molar-refractivity contribution >= 4 is 17.9 Å². The predicted molar refractivity (Wildman–Crippen MR) is 89.3 cm³/mol. The second kappa shape index (κ2) is 9.63. The predicted octanol–water partition coefficient (Wildman–Crippen LogP) is 1.18. The van der Waals surface area contributed by atoms with Gasteiger partial charge in [0.25, 0.3) is 5.91 Å². The highest BCUT2D eigenvalue weighted by Gasteiger charge is 2.27. The highest BCUT2D eigenvalue weighted by molar-refractivity contribution is 5.83. The molecule has 4 N–H and O–H groups in total. The molecule has 1 aromatic rings. The summed E-state index contributed by atoms with van der Waals surface area (Å²) in [7, 11) is 0. The zero-order valence-electron chi connectivity index (χ0n) is 13.9. The Morgan fingerprint density at radius 3 is 2.36 bits per heavy atom. The van der Waals surface area contributed by atoms with Crippen molar-refractivity contribution < 1.29 is 24.2 Å². The Morgan fingerprint density at radius 1 is 1.04 bits per heavy atom. The lowest BCUT2D eigenvalue weighted by Gasteiger charge is -2.27. The second-order valence-electron chi connectivity index (χ2n) is 6.01. The molecule has 25 heavy (non-hydrogen) atoms. The number of hydrogen-bond acceptors (Lipinski definition) is 4. The molecule has 0 aromatic heterocycles. The fourth-order valence-corrected chi connectivity index (χ4v) is 2.78. The monoisotopic (exact) mass is 349 g/mol. The van der Waals surface area contributed by atoms with Crippen LogP contribution in [0.5, 0.6) is 0 Å². The summed E-state index contributed by atoms with van der Waals surface area (Å²) in [6.45, 7) is 0.174. The molecule has 3 amide bonds. The first-order chi connectivity index (χ1) is 12.0. The maximum absolute atomic E-state index is 12.0.